The Morgan fingerprint density at radius 3 is 2.16 bits per heavy atom. The van der Waals surface area contributed by atoms with Gasteiger partial charge in [-0.3, -0.25) is 13.9 Å². The van der Waals surface area contributed by atoms with Gasteiger partial charge >= 0.3 is 0 Å². The van der Waals surface area contributed by atoms with Gasteiger partial charge in [0.2, 0.25) is 15.9 Å². The first-order valence-electron chi connectivity index (χ1n) is 10.2. The molecular formula is C23H31N3O5S. The molecule has 9 heteroatoms. The van der Waals surface area contributed by atoms with Crippen molar-refractivity contribution < 1.29 is 22.7 Å². The molecule has 0 unspecified atom stereocenters. The average Bonchev–Trinajstić information content (AvgIpc) is 2.64. The van der Waals surface area contributed by atoms with E-state index in [1.807, 2.05) is 34.6 Å². The molecule has 0 radical (unpaired) electrons. The summed E-state index contributed by atoms with van der Waals surface area (Å²) in [6, 6.07) is 13.0. The van der Waals surface area contributed by atoms with Crippen molar-refractivity contribution in [3.63, 3.8) is 0 Å². The predicted octanol–water partition coefficient (Wildman–Crippen LogP) is 3.41. The molecule has 0 heterocycles. The Bertz CT molecular complexity index is 1060. The fourth-order valence-electron chi connectivity index (χ4n) is 2.88. The molecule has 174 valence electrons. The van der Waals surface area contributed by atoms with Crippen LogP contribution in [0.1, 0.15) is 45.0 Å². The van der Waals surface area contributed by atoms with Crippen LogP contribution in [0, 0.1) is 0 Å². The molecule has 0 aliphatic rings. The Kier molecular flexibility index (Phi) is 7.90. The van der Waals surface area contributed by atoms with E-state index in [0.717, 1.165) is 10.6 Å². The lowest BCUT2D eigenvalue weighted by atomic mass is 10.1. The van der Waals surface area contributed by atoms with Gasteiger partial charge in [-0.15, -0.1) is 0 Å². The number of carbonyl (C=O) groups is 2. The number of carbonyl (C=O) groups excluding carboxylic acids is 2. The van der Waals surface area contributed by atoms with Crippen LogP contribution in [0.3, 0.4) is 0 Å². The van der Waals surface area contributed by atoms with E-state index in [-0.39, 0.29) is 17.6 Å². The van der Waals surface area contributed by atoms with Crippen molar-refractivity contribution in [2.75, 3.05) is 22.4 Å². The minimum Gasteiger partial charge on any atom is -0.491 e. The smallest absolute Gasteiger partial charge is 0.253 e. The maximum absolute atomic E-state index is 12.7. The zero-order valence-electron chi connectivity index (χ0n) is 19.3. The van der Waals surface area contributed by atoms with Crippen LogP contribution in [0.4, 0.5) is 11.4 Å². The first kappa shape index (κ1) is 25.2. The van der Waals surface area contributed by atoms with Crippen LogP contribution in [0.15, 0.2) is 48.5 Å². The minimum absolute atomic E-state index is 0.0202. The van der Waals surface area contributed by atoms with Gasteiger partial charge in [-0.1, -0.05) is 12.1 Å². The van der Waals surface area contributed by atoms with Crippen LogP contribution >= 0.6 is 0 Å². The van der Waals surface area contributed by atoms with Crippen LogP contribution in [0.25, 0.3) is 0 Å². The number of ether oxygens (including phenoxy) is 1. The van der Waals surface area contributed by atoms with E-state index < -0.39 is 28.0 Å². The number of para-hydroxylation sites is 1. The number of benzene rings is 2. The average molecular weight is 462 g/mol. The van der Waals surface area contributed by atoms with E-state index in [1.165, 1.54) is 0 Å². The van der Waals surface area contributed by atoms with E-state index in [4.69, 9.17) is 4.74 Å². The first-order valence-corrected chi connectivity index (χ1v) is 12.1. The van der Waals surface area contributed by atoms with Crippen molar-refractivity contribution in [2.24, 2.45) is 0 Å². The normalized spacial score (nSPS) is 11.7. The number of sulfonamides is 1. The van der Waals surface area contributed by atoms with Crippen molar-refractivity contribution in [3.8, 4) is 5.75 Å². The third-order valence-electron chi connectivity index (χ3n) is 4.12. The van der Waals surface area contributed by atoms with Gasteiger partial charge in [-0.25, -0.2) is 8.42 Å². The third kappa shape index (κ3) is 7.56. The number of anilines is 2. The highest BCUT2D eigenvalue weighted by Crippen LogP contribution is 2.23. The van der Waals surface area contributed by atoms with E-state index in [0.29, 0.717) is 17.1 Å². The highest BCUT2D eigenvalue weighted by atomic mass is 32.2. The lowest BCUT2D eigenvalue weighted by Gasteiger charge is -2.23. The molecule has 2 aromatic rings. The molecule has 0 aliphatic carbocycles. The molecule has 2 amide bonds. The van der Waals surface area contributed by atoms with Gasteiger partial charge in [0.1, 0.15) is 12.3 Å². The van der Waals surface area contributed by atoms with Gasteiger partial charge in [-0.2, -0.15) is 0 Å². The zero-order valence-corrected chi connectivity index (χ0v) is 20.1. The van der Waals surface area contributed by atoms with Gasteiger partial charge in [0.25, 0.3) is 5.91 Å². The fraction of sp³-hybridized carbons (Fsp3) is 0.391. The van der Waals surface area contributed by atoms with Crippen molar-refractivity contribution in [3.05, 3.63) is 54.1 Å². The maximum atomic E-state index is 12.7. The summed E-state index contributed by atoms with van der Waals surface area (Å²) < 4.78 is 31.3. The van der Waals surface area contributed by atoms with Crippen molar-refractivity contribution in [1.29, 1.82) is 0 Å². The Labute approximate surface area is 190 Å². The summed E-state index contributed by atoms with van der Waals surface area (Å²) in [6.45, 7) is 8.90. The van der Waals surface area contributed by atoms with Crippen molar-refractivity contribution in [2.45, 2.75) is 46.3 Å². The van der Waals surface area contributed by atoms with Crippen LogP contribution < -0.4 is 19.7 Å². The molecule has 2 aromatic carbocycles. The lowest BCUT2D eigenvalue weighted by Crippen LogP contribution is -2.41. The van der Waals surface area contributed by atoms with Gasteiger partial charge in [0.05, 0.1) is 29.3 Å². The monoisotopic (exact) mass is 461 g/mol. The fourth-order valence-corrected chi connectivity index (χ4v) is 3.74. The Morgan fingerprint density at radius 2 is 1.62 bits per heavy atom. The second kappa shape index (κ2) is 10.0. The van der Waals surface area contributed by atoms with E-state index >= 15 is 0 Å². The highest BCUT2D eigenvalue weighted by Gasteiger charge is 2.23. The van der Waals surface area contributed by atoms with Gasteiger partial charge in [-0.05, 0) is 71.0 Å². The molecule has 0 saturated heterocycles. The summed E-state index contributed by atoms with van der Waals surface area (Å²) in [5.74, 6) is -0.316. The van der Waals surface area contributed by atoms with E-state index in [1.54, 1.807) is 48.5 Å². The lowest BCUT2D eigenvalue weighted by molar-refractivity contribution is -0.114. The first-order chi connectivity index (χ1) is 14.8. The van der Waals surface area contributed by atoms with Gasteiger partial charge in [0.15, 0.2) is 0 Å². The summed E-state index contributed by atoms with van der Waals surface area (Å²) in [4.78, 5) is 25.3. The number of nitrogens with one attached hydrogen (secondary N) is 2. The van der Waals surface area contributed by atoms with E-state index in [9.17, 15) is 18.0 Å². The topological polar surface area (TPSA) is 105 Å². The predicted molar refractivity (Wildman–Crippen MR) is 127 cm³/mol. The van der Waals surface area contributed by atoms with Crippen LogP contribution in [-0.2, 0) is 14.8 Å². The molecule has 2 rings (SSSR count). The number of amides is 2. The molecule has 8 nitrogen and oxygen atoms in total. The van der Waals surface area contributed by atoms with Crippen LogP contribution in [0.2, 0.25) is 0 Å². The Hall–Kier alpha value is -3.07. The SMILES string of the molecule is CC(C)Oc1ccc(N(CC(=O)Nc2ccccc2C(=O)NC(C)(C)C)S(C)(=O)=O)cc1. The van der Waals surface area contributed by atoms with Crippen molar-refractivity contribution in [1.82, 2.24) is 5.32 Å². The number of nitrogens with zero attached hydrogens (tertiary/aromatic N) is 1. The number of hydrogen-bond donors (Lipinski definition) is 2. The molecule has 32 heavy (non-hydrogen) atoms. The highest BCUT2D eigenvalue weighted by molar-refractivity contribution is 7.92. The van der Waals surface area contributed by atoms with E-state index in [2.05, 4.69) is 10.6 Å². The third-order valence-corrected chi connectivity index (χ3v) is 5.26. The molecule has 0 spiro atoms. The molecule has 0 saturated carbocycles. The summed E-state index contributed by atoms with van der Waals surface area (Å²) in [6.07, 6.45) is 1.01. The maximum Gasteiger partial charge on any atom is 0.253 e. The second-order valence-electron chi connectivity index (χ2n) is 8.73. The number of rotatable bonds is 8. The summed E-state index contributed by atoms with van der Waals surface area (Å²) in [5, 5.41) is 5.51. The van der Waals surface area contributed by atoms with Gasteiger partial charge in [0, 0.05) is 5.54 Å². The molecule has 0 atom stereocenters. The minimum atomic E-state index is -3.74. The molecule has 0 bridgehead atoms. The summed E-state index contributed by atoms with van der Waals surface area (Å²) >= 11 is 0. The summed E-state index contributed by atoms with van der Waals surface area (Å²) in [5.41, 5.74) is 0.468. The molecule has 0 aliphatic heterocycles. The quantitative estimate of drug-likeness (QED) is 0.627. The van der Waals surface area contributed by atoms with Crippen molar-refractivity contribution >= 4 is 33.2 Å². The Morgan fingerprint density at radius 1 is 1.03 bits per heavy atom. The number of hydrogen-bond acceptors (Lipinski definition) is 5. The summed E-state index contributed by atoms with van der Waals surface area (Å²) in [7, 11) is -3.74. The zero-order chi connectivity index (χ0) is 24.1. The largest absolute Gasteiger partial charge is 0.491 e. The molecule has 0 fully saturated rings. The van der Waals surface area contributed by atoms with Crippen LogP contribution in [-0.4, -0.2) is 44.7 Å². The second-order valence-corrected chi connectivity index (χ2v) is 10.6. The molecule has 2 N–H and O–H groups in total. The molecule has 0 aromatic heterocycles. The Balaban J connectivity index is 2.22. The van der Waals surface area contributed by atoms with Crippen LogP contribution in [0.5, 0.6) is 5.75 Å². The van der Waals surface area contributed by atoms with Gasteiger partial charge < -0.3 is 15.4 Å². The molecular weight excluding hydrogens is 430 g/mol. The standard InChI is InChI=1S/C23H31N3O5S/c1-16(2)31-18-13-11-17(12-14-18)26(32(6,29)30)15-21(27)24-20-10-8-7-9-19(20)22(28)25-23(3,4)5/h7-14,16H,15H2,1-6H3,(H,24,27)(H,25,28).